The second-order valence-corrected chi connectivity index (χ2v) is 7.40. The van der Waals surface area contributed by atoms with Gasteiger partial charge in [0.1, 0.15) is 6.10 Å². The van der Waals surface area contributed by atoms with E-state index in [4.69, 9.17) is 9.73 Å². The van der Waals surface area contributed by atoms with Crippen molar-refractivity contribution in [3.63, 3.8) is 0 Å². The van der Waals surface area contributed by atoms with Crippen molar-refractivity contribution in [2.24, 2.45) is 10.9 Å². The lowest BCUT2D eigenvalue weighted by Gasteiger charge is -2.35. The van der Waals surface area contributed by atoms with E-state index in [9.17, 15) is 10.1 Å². The zero-order valence-electron chi connectivity index (χ0n) is 16.4. The molecule has 4 rings (SSSR count). The molecule has 1 heterocycles. The standard InChI is InChI=1S/C24H22N2O3/c1-16-8-10-20(11-9-16)24-25-22(18-12-14-21(15-13-18)26(27)28)17(2)23(29-24)19-6-4-3-5-7-19/h3-15,17,22-23H,1-2H3/t17-,22+,23+/m1/s1. The van der Waals surface area contributed by atoms with Crippen LogP contribution in [0.1, 0.15) is 41.3 Å². The lowest BCUT2D eigenvalue weighted by Crippen LogP contribution is -2.28. The van der Waals surface area contributed by atoms with Crippen molar-refractivity contribution in [2.45, 2.75) is 26.0 Å². The van der Waals surface area contributed by atoms with Crippen LogP contribution < -0.4 is 0 Å². The molecule has 5 heteroatoms. The molecule has 29 heavy (non-hydrogen) atoms. The molecule has 3 aromatic rings. The minimum absolute atomic E-state index is 0.0630. The maximum absolute atomic E-state index is 11.0. The Morgan fingerprint density at radius 1 is 0.897 bits per heavy atom. The van der Waals surface area contributed by atoms with Crippen molar-refractivity contribution in [1.82, 2.24) is 0 Å². The number of rotatable bonds is 4. The van der Waals surface area contributed by atoms with E-state index in [1.807, 2.05) is 49.4 Å². The van der Waals surface area contributed by atoms with Gasteiger partial charge in [0.2, 0.25) is 5.90 Å². The highest BCUT2D eigenvalue weighted by Crippen LogP contribution is 2.42. The van der Waals surface area contributed by atoms with Gasteiger partial charge in [0, 0.05) is 23.6 Å². The molecule has 0 aliphatic carbocycles. The fourth-order valence-corrected chi connectivity index (χ4v) is 3.69. The number of aliphatic imine (C=N–C) groups is 1. The van der Waals surface area contributed by atoms with Crippen molar-refractivity contribution in [3.8, 4) is 0 Å². The molecule has 0 spiro atoms. The van der Waals surface area contributed by atoms with Crippen LogP contribution in [0, 0.1) is 23.0 Å². The summed E-state index contributed by atoms with van der Waals surface area (Å²) < 4.78 is 6.37. The lowest BCUT2D eigenvalue weighted by molar-refractivity contribution is -0.384. The van der Waals surface area contributed by atoms with E-state index in [1.165, 1.54) is 17.7 Å². The fraction of sp³-hybridized carbons (Fsp3) is 0.208. The normalized spacial score (nSPS) is 21.2. The topological polar surface area (TPSA) is 64.7 Å². The molecule has 5 nitrogen and oxygen atoms in total. The number of nitro benzene ring substituents is 1. The minimum atomic E-state index is -0.384. The number of hydrogen-bond acceptors (Lipinski definition) is 4. The van der Waals surface area contributed by atoms with Gasteiger partial charge in [0.25, 0.3) is 5.69 Å². The summed E-state index contributed by atoms with van der Waals surface area (Å²) in [5.74, 6) is 0.661. The van der Waals surface area contributed by atoms with Crippen molar-refractivity contribution >= 4 is 11.6 Å². The summed E-state index contributed by atoms with van der Waals surface area (Å²) in [5.41, 5.74) is 4.21. The number of nitrogens with zero attached hydrogens (tertiary/aromatic N) is 2. The van der Waals surface area contributed by atoms with Crippen LogP contribution in [-0.4, -0.2) is 10.8 Å². The molecule has 0 unspecified atom stereocenters. The van der Waals surface area contributed by atoms with Crippen molar-refractivity contribution in [3.05, 3.63) is 111 Å². The minimum Gasteiger partial charge on any atom is -0.469 e. The Bertz CT molecular complexity index is 1030. The van der Waals surface area contributed by atoms with Crippen LogP contribution in [-0.2, 0) is 4.74 Å². The van der Waals surface area contributed by atoms with Gasteiger partial charge in [-0.2, -0.15) is 0 Å². The molecule has 1 aliphatic rings. The van der Waals surface area contributed by atoms with E-state index < -0.39 is 0 Å². The number of benzene rings is 3. The summed E-state index contributed by atoms with van der Waals surface area (Å²) in [7, 11) is 0. The van der Waals surface area contributed by atoms with Gasteiger partial charge in [-0.05, 0) is 30.2 Å². The molecular weight excluding hydrogens is 364 g/mol. The first-order valence-electron chi connectivity index (χ1n) is 9.64. The molecule has 3 atom stereocenters. The van der Waals surface area contributed by atoms with Gasteiger partial charge in [-0.3, -0.25) is 10.1 Å². The monoisotopic (exact) mass is 386 g/mol. The van der Waals surface area contributed by atoms with E-state index in [2.05, 4.69) is 19.1 Å². The van der Waals surface area contributed by atoms with Crippen LogP contribution in [0.3, 0.4) is 0 Å². The van der Waals surface area contributed by atoms with Gasteiger partial charge in [0.05, 0.1) is 11.0 Å². The Morgan fingerprint density at radius 2 is 1.55 bits per heavy atom. The van der Waals surface area contributed by atoms with E-state index >= 15 is 0 Å². The first kappa shape index (κ1) is 18.9. The lowest BCUT2D eigenvalue weighted by atomic mass is 9.85. The molecule has 0 saturated heterocycles. The highest BCUT2D eigenvalue weighted by molar-refractivity contribution is 5.95. The molecular formula is C24H22N2O3. The molecule has 0 bridgehead atoms. The second kappa shape index (κ2) is 7.87. The van der Waals surface area contributed by atoms with Gasteiger partial charge < -0.3 is 4.74 Å². The summed E-state index contributed by atoms with van der Waals surface area (Å²) in [6.45, 7) is 4.15. The third-order valence-electron chi connectivity index (χ3n) is 5.34. The summed E-state index contributed by atoms with van der Waals surface area (Å²) in [4.78, 5) is 15.5. The molecule has 0 saturated carbocycles. The van der Waals surface area contributed by atoms with Crippen LogP contribution in [0.4, 0.5) is 5.69 Å². The molecule has 1 aliphatic heterocycles. The zero-order chi connectivity index (χ0) is 20.4. The van der Waals surface area contributed by atoms with Gasteiger partial charge >= 0.3 is 0 Å². The molecule has 3 aromatic carbocycles. The Kier molecular flexibility index (Phi) is 5.12. The maximum Gasteiger partial charge on any atom is 0.269 e. The van der Waals surface area contributed by atoms with E-state index in [1.54, 1.807) is 12.1 Å². The average Bonchev–Trinajstić information content (AvgIpc) is 2.75. The Balaban J connectivity index is 1.77. The van der Waals surface area contributed by atoms with Crippen molar-refractivity contribution < 1.29 is 9.66 Å². The number of ether oxygens (including phenoxy) is 1. The molecule has 0 N–H and O–H groups in total. The predicted molar refractivity (Wildman–Crippen MR) is 113 cm³/mol. The maximum atomic E-state index is 11.0. The highest BCUT2D eigenvalue weighted by atomic mass is 16.6. The van der Waals surface area contributed by atoms with E-state index in [-0.39, 0.29) is 28.7 Å². The largest absolute Gasteiger partial charge is 0.469 e. The van der Waals surface area contributed by atoms with Crippen LogP contribution >= 0.6 is 0 Å². The summed E-state index contributed by atoms with van der Waals surface area (Å²) in [5, 5.41) is 11.0. The molecule has 0 fully saturated rings. The number of nitro groups is 1. The van der Waals surface area contributed by atoms with Gasteiger partial charge in [0.15, 0.2) is 0 Å². The Labute approximate surface area is 169 Å². The number of non-ortho nitro benzene ring substituents is 1. The van der Waals surface area contributed by atoms with Gasteiger partial charge in [-0.15, -0.1) is 0 Å². The molecule has 146 valence electrons. The Morgan fingerprint density at radius 3 is 2.17 bits per heavy atom. The second-order valence-electron chi connectivity index (χ2n) is 7.40. The first-order valence-corrected chi connectivity index (χ1v) is 9.64. The third-order valence-corrected chi connectivity index (χ3v) is 5.34. The summed E-state index contributed by atoms with van der Waals surface area (Å²) >= 11 is 0. The fourth-order valence-electron chi connectivity index (χ4n) is 3.69. The molecule has 0 aromatic heterocycles. The Hall–Kier alpha value is -3.47. The van der Waals surface area contributed by atoms with Crippen molar-refractivity contribution in [1.29, 1.82) is 0 Å². The number of aryl methyl sites for hydroxylation is 1. The van der Waals surface area contributed by atoms with Gasteiger partial charge in [-0.25, -0.2) is 4.99 Å². The third kappa shape index (κ3) is 3.90. The predicted octanol–water partition coefficient (Wildman–Crippen LogP) is 5.80. The molecule has 0 radical (unpaired) electrons. The van der Waals surface area contributed by atoms with Gasteiger partial charge in [-0.1, -0.05) is 67.1 Å². The highest BCUT2D eigenvalue weighted by Gasteiger charge is 2.35. The smallest absolute Gasteiger partial charge is 0.269 e. The zero-order valence-corrected chi connectivity index (χ0v) is 16.4. The van der Waals surface area contributed by atoms with E-state index in [0.717, 1.165) is 16.7 Å². The van der Waals surface area contributed by atoms with Crippen LogP contribution in [0.25, 0.3) is 0 Å². The van der Waals surface area contributed by atoms with Crippen LogP contribution in [0.15, 0.2) is 83.9 Å². The summed E-state index contributed by atoms with van der Waals surface area (Å²) in [6.07, 6.45) is -0.162. The van der Waals surface area contributed by atoms with E-state index in [0.29, 0.717) is 5.90 Å². The van der Waals surface area contributed by atoms with Crippen LogP contribution in [0.5, 0.6) is 0 Å². The number of hydrogen-bond donors (Lipinski definition) is 0. The van der Waals surface area contributed by atoms with Crippen LogP contribution in [0.2, 0.25) is 0 Å². The summed E-state index contributed by atoms with van der Waals surface area (Å²) in [6, 6.07) is 24.7. The van der Waals surface area contributed by atoms with Crippen molar-refractivity contribution in [2.75, 3.05) is 0 Å². The first-order chi connectivity index (χ1) is 14.0. The molecule has 0 amide bonds. The SMILES string of the molecule is Cc1ccc(C2=N[C@H](c3ccc([N+](=O)[O-])cc3)[C@@H](C)[C@@H](c3ccccc3)O2)cc1. The quantitative estimate of drug-likeness (QED) is 0.420. The average molecular weight is 386 g/mol.